The molecular formula is C33H41N5O4. The summed E-state index contributed by atoms with van der Waals surface area (Å²) in [5.74, 6) is 0.0367. The Kier molecular flexibility index (Phi) is 9.83. The average molecular weight is 572 g/mol. The number of nitrogens with zero attached hydrogens (tertiary/aromatic N) is 2. The van der Waals surface area contributed by atoms with Gasteiger partial charge in [0.2, 0.25) is 5.91 Å². The van der Waals surface area contributed by atoms with E-state index in [9.17, 15) is 14.4 Å². The van der Waals surface area contributed by atoms with Gasteiger partial charge in [-0.1, -0.05) is 86.6 Å². The molecule has 1 aliphatic rings. The summed E-state index contributed by atoms with van der Waals surface area (Å²) in [6.45, 7) is 6.43. The van der Waals surface area contributed by atoms with Gasteiger partial charge in [0.15, 0.2) is 11.5 Å². The van der Waals surface area contributed by atoms with Crippen molar-refractivity contribution in [2.24, 2.45) is 16.6 Å². The van der Waals surface area contributed by atoms with Gasteiger partial charge in [-0.2, -0.15) is 0 Å². The second kappa shape index (κ2) is 13.5. The zero-order chi connectivity index (χ0) is 30.3. The van der Waals surface area contributed by atoms with Crippen LogP contribution in [0.4, 0.5) is 4.79 Å². The van der Waals surface area contributed by atoms with Crippen LogP contribution in [0.25, 0.3) is 10.8 Å². The quantitative estimate of drug-likeness (QED) is 0.295. The van der Waals surface area contributed by atoms with E-state index in [4.69, 9.17) is 15.5 Å². The lowest BCUT2D eigenvalue weighted by Crippen LogP contribution is -2.50. The van der Waals surface area contributed by atoms with Crippen molar-refractivity contribution in [2.45, 2.75) is 64.1 Å². The predicted octanol–water partition coefficient (Wildman–Crippen LogP) is 4.49. The average Bonchev–Trinajstić information content (AvgIpc) is 3.21. The zero-order valence-corrected chi connectivity index (χ0v) is 24.8. The molecule has 0 aliphatic carbocycles. The number of carbonyl (C=O) groups is 3. The van der Waals surface area contributed by atoms with Crippen LogP contribution in [0.5, 0.6) is 0 Å². The fourth-order valence-corrected chi connectivity index (χ4v) is 5.57. The first-order valence-electron chi connectivity index (χ1n) is 14.5. The number of hydrogen-bond acceptors (Lipinski definition) is 6. The number of guanidine groups is 1. The lowest BCUT2D eigenvalue weighted by Gasteiger charge is -2.28. The summed E-state index contributed by atoms with van der Waals surface area (Å²) in [7, 11) is 1.27. The van der Waals surface area contributed by atoms with Gasteiger partial charge in [-0.25, -0.2) is 9.79 Å². The van der Waals surface area contributed by atoms with E-state index in [0.717, 1.165) is 21.9 Å². The molecule has 0 spiro atoms. The summed E-state index contributed by atoms with van der Waals surface area (Å²) in [5.41, 5.74) is 7.04. The summed E-state index contributed by atoms with van der Waals surface area (Å²) >= 11 is 0. The van der Waals surface area contributed by atoms with E-state index in [0.29, 0.717) is 32.2 Å². The van der Waals surface area contributed by atoms with Gasteiger partial charge in [-0.15, -0.1) is 0 Å². The maximum atomic E-state index is 13.7. The first kappa shape index (κ1) is 30.6. The molecule has 3 aromatic rings. The van der Waals surface area contributed by atoms with Crippen molar-refractivity contribution in [3.8, 4) is 0 Å². The van der Waals surface area contributed by atoms with E-state index in [2.05, 4.69) is 24.5 Å². The van der Waals surface area contributed by atoms with Crippen molar-refractivity contribution in [2.75, 3.05) is 13.7 Å². The maximum absolute atomic E-state index is 13.7. The monoisotopic (exact) mass is 571 g/mol. The number of ether oxygens (including phenoxy) is 1. The number of methoxy groups -OCH3 is 1. The van der Waals surface area contributed by atoms with Gasteiger partial charge in [0.05, 0.1) is 7.11 Å². The third kappa shape index (κ3) is 7.08. The van der Waals surface area contributed by atoms with E-state index in [1.807, 2.05) is 79.7 Å². The predicted molar refractivity (Wildman–Crippen MR) is 165 cm³/mol. The first-order valence-corrected chi connectivity index (χ1v) is 14.5. The Balaban J connectivity index is 1.37. The van der Waals surface area contributed by atoms with Gasteiger partial charge in [0, 0.05) is 19.0 Å². The van der Waals surface area contributed by atoms with Gasteiger partial charge < -0.3 is 21.1 Å². The van der Waals surface area contributed by atoms with Crippen molar-refractivity contribution >= 4 is 34.6 Å². The molecule has 1 heterocycles. The summed E-state index contributed by atoms with van der Waals surface area (Å²) in [6, 6.07) is 22.5. The molecule has 0 saturated heterocycles. The number of hydrogen-bond donors (Lipinski definition) is 3. The second-order valence-corrected chi connectivity index (χ2v) is 11.4. The highest BCUT2D eigenvalue weighted by Crippen LogP contribution is 2.38. The minimum Gasteiger partial charge on any atom is -0.453 e. The summed E-state index contributed by atoms with van der Waals surface area (Å²) in [6.07, 6.45) is 1.41. The highest BCUT2D eigenvalue weighted by Gasteiger charge is 2.49. The standard InChI is InChI=1S/C33H41N5O4/c1-22(2)21-33(27-14-6-5-7-15-27)30(40)38(31(34)37-33)18-10-11-23(3)35-29(39)28(36-32(41)42-4)20-24-16-17-25-12-8-9-13-26(25)19-24/h5-9,12-17,19,22-23,28H,10-11,18,20-21H2,1-4H3,(H2,34,37)(H,35,39)(H,36,41). The van der Waals surface area contributed by atoms with Crippen molar-refractivity contribution in [1.29, 1.82) is 0 Å². The number of aliphatic imine (C=N–C) groups is 1. The van der Waals surface area contributed by atoms with E-state index >= 15 is 0 Å². The Hall–Kier alpha value is -4.40. The molecular weight excluding hydrogens is 530 g/mol. The number of nitrogens with one attached hydrogen (secondary N) is 2. The molecule has 3 aromatic carbocycles. The molecule has 9 nitrogen and oxygen atoms in total. The van der Waals surface area contributed by atoms with Crippen LogP contribution in [0.1, 0.15) is 51.2 Å². The Morgan fingerprint density at radius 3 is 2.36 bits per heavy atom. The Bertz CT molecular complexity index is 1440. The third-order valence-electron chi connectivity index (χ3n) is 7.59. The second-order valence-electron chi connectivity index (χ2n) is 11.4. The Morgan fingerprint density at radius 2 is 1.67 bits per heavy atom. The maximum Gasteiger partial charge on any atom is 0.407 e. The molecule has 4 rings (SSSR count). The van der Waals surface area contributed by atoms with Crippen LogP contribution in [0.3, 0.4) is 0 Å². The van der Waals surface area contributed by atoms with E-state index < -0.39 is 17.7 Å². The number of benzene rings is 3. The molecule has 0 fully saturated rings. The highest BCUT2D eigenvalue weighted by molar-refractivity contribution is 6.07. The first-order chi connectivity index (χ1) is 20.1. The van der Waals surface area contributed by atoms with Crippen molar-refractivity contribution in [3.63, 3.8) is 0 Å². The molecule has 1 aliphatic heterocycles. The lowest BCUT2D eigenvalue weighted by atomic mass is 9.82. The van der Waals surface area contributed by atoms with Crippen molar-refractivity contribution in [3.05, 3.63) is 83.9 Å². The SMILES string of the molecule is COC(=O)NC(Cc1ccc2ccccc2c1)C(=O)NC(C)CCCN1C(=O)C(CC(C)C)(c2ccccc2)N=C1N. The molecule has 0 aromatic heterocycles. The van der Waals surface area contributed by atoms with Gasteiger partial charge in [0.25, 0.3) is 5.91 Å². The van der Waals surface area contributed by atoms with Crippen LogP contribution >= 0.6 is 0 Å². The molecule has 3 amide bonds. The van der Waals surface area contributed by atoms with Crippen molar-refractivity contribution in [1.82, 2.24) is 15.5 Å². The number of rotatable bonds is 12. The molecule has 3 unspecified atom stereocenters. The zero-order valence-electron chi connectivity index (χ0n) is 24.8. The fraction of sp³-hybridized carbons (Fsp3) is 0.394. The van der Waals surface area contributed by atoms with Gasteiger partial charge in [0.1, 0.15) is 6.04 Å². The Labute approximate surface area is 247 Å². The molecule has 3 atom stereocenters. The van der Waals surface area contributed by atoms with Crippen LogP contribution < -0.4 is 16.4 Å². The largest absolute Gasteiger partial charge is 0.453 e. The van der Waals surface area contributed by atoms with Crippen molar-refractivity contribution < 1.29 is 19.1 Å². The Morgan fingerprint density at radius 1 is 0.976 bits per heavy atom. The number of carbonyl (C=O) groups excluding carboxylic acids is 3. The normalized spacial score (nSPS) is 18.1. The van der Waals surface area contributed by atoms with E-state index in [-0.39, 0.29) is 29.7 Å². The molecule has 0 radical (unpaired) electrons. The van der Waals surface area contributed by atoms with E-state index in [1.165, 1.54) is 7.11 Å². The summed E-state index contributed by atoms with van der Waals surface area (Å²) < 4.78 is 4.77. The third-order valence-corrected chi connectivity index (χ3v) is 7.59. The molecule has 4 N–H and O–H groups in total. The lowest BCUT2D eigenvalue weighted by molar-refractivity contribution is -0.132. The minimum absolute atomic E-state index is 0.116. The van der Waals surface area contributed by atoms with Crippen LogP contribution in [-0.2, 0) is 26.3 Å². The van der Waals surface area contributed by atoms with Crippen LogP contribution in [0.15, 0.2) is 77.8 Å². The number of nitrogens with two attached hydrogens (primary N) is 1. The van der Waals surface area contributed by atoms with E-state index in [1.54, 1.807) is 4.90 Å². The smallest absolute Gasteiger partial charge is 0.407 e. The highest BCUT2D eigenvalue weighted by atomic mass is 16.5. The fourth-order valence-electron chi connectivity index (χ4n) is 5.57. The molecule has 0 bridgehead atoms. The number of alkyl carbamates (subject to hydrolysis) is 1. The molecule has 0 saturated carbocycles. The number of amides is 3. The molecule has 222 valence electrons. The van der Waals surface area contributed by atoms with Crippen LogP contribution in [-0.4, -0.2) is 54.5 Å². The number of fused-ring (bicyclic) bond motifs is 1. The topological polar surface area (TPSA) is 126 Å². The van der Waals surface area contributed by atoms with Gasteiger partial charge >= 0.3 is 6.09 Å². The van der Waals surface area contributed by atoms with Gasteiger partial charge in [-0.05, 0) is 54.0 Å². The molecule has 9 heteroatoms. The molecule has 42 heavy (non-hydrogen) atoms. The van der Waals surface area contributed by atoms with Crippen LogP contribution in [0.2, 0.25) is 0 Å². The minimum atomic E-state index is -1.02. The van der Waals surface area contributed by atoms with Crippen LogP contribution in [0, 0.1) is 5.92 Å². The summed E-state index contributed by atoms with van der Waals surface area (Å²) in [5, 5.41) is 7.83. The summed E-state index contributed by atoms with van der Waals surface area (Å²) in [4.78, 5) is 45.3. The van der Waals surface area contributed by atoms with Gasteiger partial charge in [-0.3, -0.25) is 14.5 Å².